The van der Waals surface area contributed by atoms with Gasteiger partial charge in [0.25, 0.3) is 0 Å². The molecule has 2 fully saturated rings. The lowest BCUT2D eigenvalue weighted by molar-refractivity contribution is -0.144. The fourth-order valence-electron chi connectivity index (χ4n) is 4.17. The van der Waals surface area contributed by atoms with E-state index in [1.54, 1.807) is 6.92 Å². The van der Waals surface area contributed by atoms with E-state index in [4.69, 9.17) is 9.47 Å². The van der Waals surface area contributed by atoms with Crippen LogP contribution in [0.5, 0.6) is 11.5 Å². The predicted molar refractivity (Wildman–Crippen MR) is 100 cm³/mol. The summed E-state index contributed by atoms with van der Waals surface area (Å²) in [6, 6.07) is 6.90. The smallest absolute Gasteiger partial charge is 0.333 e. The minimum atomic E-state index is -0.484. The first-order chi connectivity index (χ1) is 13.6. The molecule has 8 nitrogen and oxygen atoms in total. The zero-order chi connectivity index (χ0) is 19.7. The molecular formula is C20H25N3O5. The van der Waals surface area contributed by atoms with Crippen molar-refractivity contribution in [3.05, 3.63) is 24.3 Å². The molecule has 3 heterocycles. The summed E-state index contributed by atoms with van der Waals surface area (Å²) in [7, 11) is 0. The van der Waals surface area contributed by atoms with Crippen molar-refractivity contribution in [1.82, 2.24) is 14.7 Å². The van der Waals surface area contributed by atoms with E-state index in [-0.39, 0.29) is 25.1 Å². The minimum absolute atomic E-state index is 0.102. The third-order valence-electron chi connectivity index (χ3n) is 5.50. The zero-order valence-electron chi connectivity index (χ0n) is 16.0. The maximum atomic E-state index is 12.7. The van der Waals surface area contributed by atoms with Crippen molar-refractivity contribution in [2.24, 2.45) is 0 Å². The zero-order valence-corrected chi connectivity index (χ0v) is 16.0. The van der Waals surface area contributed by atoms with Crippen molar-refractivity contribution in [3.8, 4) is 11.5 Å². The van der Waals surface area contributed by atoms with Crippen LogP contribution in [0.4, 0.5) is 4.79 Å². The van der Waals surface area contributed by atoms with Gasteiger partial charge in [-0.3, -0.25) is 24.3 Å². The van der Waals surface area contributed by atoms with Crippen LogP contribution in [-0.4, -0.2) is 77.5 Å². The first kappa shape index (κ1) is 18.7. The lowest BCUT2D eigenvalue weighted by Gasteiger charge is -2.42. The van der Waals surface area contributed by atoms with Gasteiger partial charge >= 0.3 is 6.03 Å². The van der Waals surface area contributed by atoms with E-state index in [9.17, 15) is 14.4 Å². The van der Waals surface area contributed by atoms with E-state index in [1.807, 2.05) is 24.3 Å². The average molecular weight is 387 g/mol. The molecule has 150 valence electrons. The van der Waals surface area contributed by atoms with Crippen LogP contribution in [0.3, 0.4) is 0 Å². The molecule has 2 unspecified atom stereocenters. The highest BCUT2D eigenvalue weighted by atomic mass is 16.6. The molecular weight excluding hydrogens is 362 g/mol. The van der Waals surface area contributed by atoms with Gasteiger partial charge in [-0.1, -0.05) is 12.1 Å². The molecule has 0 N–H and O–H groups in total. The van der Waals surface area contributed by atoms with Crippen LogP contribution in [0.25, 0.3) is 0 Å². The van der Waals surface area contributed by atoms with Crippen LogP contribution in [0, 0.1) is 0 Å². The molecule has 1 aromatic carbocycles. The number of rotatable bonds is 4. The quantitative estimate of drug-likeness (QED) is 0.729. The largest absolute Gasteiger partial charge is 0.486 e. The van der Waals surface area contributed by atoms with Crippen molar-refractivity contribution in [3.63, 3.8) is 0 Å². The number of fused-ring (bicyclic) bond motifs is 1. The number of carbonyl (C=O) groups is 3. The summed E-state index contributed by atoms with van der Waals surface area (Å²) in [5.41, 5.74) is 0. The minimum Gasteiger partial charge on any atom is -0.486 e. The van der Waals surface area contributed by atoms with E-state index in [2.05, 4.69) is 4.90 Å². The van der Waals surface area contributed by atoms with Gasteiger partial charge in [0.1, 0.15) is 19.1 Å². The molecule has 2 saturated heterocycles. The van der Waals surface area contributed by atoms with Gasteiger partial charge in [0.15, 0.2) is 11.5 Å². The maximum absolute atomic E-state index is 12.7. The second-order valence-electron chi connectivity index (χ2n) is 7.41. The topological polar surface area (TPSA) is 79.4 Å². The lowest BCUT2D eigenvalue weighted by atomic mass is 10.0. The number of nitrogens with zero attached hydrogens (tertiary/aromatic N) is 3. The number of urea groups is 1. The van der Waals surface area contributed by atoms with Crippen LogP contribution in [0.1, 0.15) is 26.2 Å². The predicted octanol–water partition coefficient (Wildman–Crippen LogP) is 1.49. The monoisotopic (exact) mass is 387 g/mol. The van der Waals surface area contributed by atoms with Crippen molar-refractivity contribution < 1.29 is 23.9 Å². The second-order valence-corrected chi connectivity index (χ2v) is 7.41. The van der Waals surface area contributed by atoms with Crippen LogP contribution < -0.4 is 9.47 Å². The van der Waals surface area contributed by atoms with Crippen molar-refractivity contribution in [2.75, 3.05) is 32.8 Å². The molecule has 0 aromatic heterocycles. The standard InChI is InChI=1S/C20H25N3O5/c1-2-22-18(24)10-19(25)23(20(22)26)14-6-5-9-21(11-14)12-15-13-27-16-7-3-4-8-17(16)28-15/h3-4,7-8,14-15H,2,5-6,9-13H2,1H3. The fraction of sp³-hybridized carbons (Fsp3) is 0.550. The highest BCUT2D eigenvalue weighted by molar-refractivity contribution is 6.14. The summed E-state index contributed by atoms with van der Waals surface area (Å²) < 4.78 is 11.8. The van der Waals surface area contributed by atoms with E-state index in [0.29, 0.717) is 19.7 Å². The molecule has 1 aromatic rings. The molecule has 3 aliphatic heterocycles. The molecule has 4 rings (SSSR count). The summed E-state index contributed by atoms with van der Waals surface area (Å²) in [6.45, 7) is 4.63. The highest BCUT2D eigenvalue weighted by Gasteiger charge is 2.42. The summed E-state index contributed by atoms with van der Waals surface area (Å²) in [6.07, 6.45) is 1.30. The van der Waals surface area contributed by atoms with Gasteiger partial charge in [0.05, 0.1) is 6.04 Å². The van der Waals surface area contributed by atoms with Crippen molar-refractivity contribution in [1.29, 1.82) is 0 Å². The Labute approximate surface area is 164 Å². The summed E-state index contributed by atoms with van der Waals surface area (Å²) in [5.74, 6) is 0.695. The molecule has 4 amide bonds. The molecule has 0 bridgehead atoms. The maximum Gasteiger partial charge on any atom is 0.333 e. The SMILES string of the molecule is CCN1C(=O)CC(=O)N(C2CCCN(CC3COc4ccccc4O3)C2)C1=O. The number of imide groups is 2. The van der Waals surface area contributed by atoms with Crippen LogP contribution in [0.2, 0.25) is 0 Å². The Balaban J connectivity index is 1.40. The summed E-state index contributed by atoms with van der Waals surface area (Å²) >= 11 is 0. The van der Waals surface area contributed by atoms with Gasteiger partial charge in [-0.2, -0.15) is 0 Å². The first-order valence-corrected chi connectivity index (χ1v) is 9.84. The number of hydrogen-bond donors (Lipinski definition) is 0. The first-order valence-electron chi connectivity index (χ1n) is 9.84. The number of hydrogen-bond acceptors (Lipinski definition) is 6. The number of para-hydroxylation sites is 2. The van der Waals surface area contributed by atoms with Crippen molar-refractivity contribution >= 4 is 17.8 Å². The highest BCUT2D eigenvalue weighted by Crippen LogP contribution is 2.31. The van der Waals surface area contributed by atoms with Gasteiger partial charge in [-0.15, -0.1) is 0 Å². The van der Waals surface area contributed by atoms with Crippen LogP contribution in [-0.2, 0) is 9.59 Å². The molecule has 2 atom stereocenters. The van der Waals surface area contributed by atoms with Gasteiger partial charge in [0.2, 0.25) is 11.8 Å². The van der Waals surface area contributed by atoms with Gasteiger partial charge < -0.3 is 9.47 Å². The van der Waals surface area contributed by atoms with Gasteiger partial charge in [0, 0.05) is 19.6 Å². The number of ether oxygens (including phenoxy) is 2. The Kier molecular flexibility index (Phi) is 5.21. The Morgan fingerprint density at radius 3 is 2.68 bits per heavy atom. The number of likely N-dealkylation sites (tertiary alicyclic amines) is 1. The molecule has 0 saturated carbocycles. The van der Waals surface area contributed by atoms with Crippen LogP contribution in [0.15, 0.2) is 24.3 Å². The van der Waals surface area contributed by atoms with Gasteiger partial charge in [-0.25, -0.2) is 4.79 Å². The molecule has 8 heteroatoms. The number of amides is 4. The van der Waals surface area contributed by atoms with E-state index in [0.717, 1.165) is 35.8 Å². The summed E-state index contributed by atoms with van der Waals surface area (Å²) in [5, 5.41) is 0. The third-order valence-corrected chi connectivity index (χ3v) is 5.50. The second kappa shape index (κ2) is 7.79. The summed E-state index contributed by atoms with van der Waals surface area (Å²) in [4.78, 5) is 41.7. The van der Waals surface area contributed by atoms with Gasteiger partial charge in [-0.05, 0) is 38.4 Å². The van der Waals surface area contributed by atoms with E-state index < -0.39 is 17.8 Å². The number of carbonyl (C=O) groups excluding carboxylic acids is 3. The lowest BCUT2D eigenvalue weighted by Crippen LogP contribution is -2.61. The molecule has 0 radical (unpaired) electrons. The number of barbiturate groups is 1. The molecule has 0 aliphatic carbocycles. The third kappa shape index (κ3) is 3.56. The molecule has 0 spiro atoms. The number of piperidine rings is 1. The Bertz CT molecular complexity index is 783. The molecule has 3 aliphatic rings. The van der Waals surface area contributed by atoms with E-state index >= 15 is 0 Å². The van der Waals surface area contributed by atoms with Crippen molar-refractivity contribution in [2.45, 2.75) is 38.3 Å². The number of benzene rings is 1. The molecule has 28 heavy (non-hydrogen) atoms. The normalized spacial score (nSPS) is 26.0. The fourth-order valence-corrected chi connectivity index (χ4v) is 4.17. The Hall–Kier alpha value is -2.61. The average Bonchev–Trinajstić information content (AvgIpc) is 2.68. The van der Waals surface area contributed by atoms with E-state index in [1.165, 1.54) is 4.90 Å². The Morgan fingerprint density at radius 1 is 1.11 bits per heavy atom. The Morgan fingerprint density at radius 2 is 1.89 bits per heavy atom. The van der Waals surface area contributed by atoms with Crippen LogP contribution >= 0.6 is 0 Å².